The number of fused-ring (bicyclic) bond motifs is 1. The summed E-state index contributed by atoms with van der Waals surface area (Å²) < 4.78 is 1.63. The van der Waals surface area contributed by atoms with Crippen LogP contribution in [0, 0.1) is 0 Å². The van der Waals surface area contributed by atoms with Crippen molar-refractivity contribution < 1.29 is 14.4 Å². The third-order valence-electron chi connectivity index (χ3n) is 4.74. The summed E-state index contributed by atoms with van der Waals surface area (Å²) in [5.74, 6) is -0.446. The highest BCUT2D eigenvalue weighted by Crippen LogP contribution is 2.17. The molecule has 0 saturated carbocycles. The number of imidazole rings is 1. The summed E-state index contributed by atoms with van der Waals surface area (Å²) in [6.07, 6.45) is 2.51. The summed E-state index contributed by atoms with van der Waals surface area (Å²) in [4.78, 5) is 44.3. The minimum atomic E-state index is -0.375. The number of hydrogen-bond donors (Lipinski definition) is 1. The van der Waals surface area contributed by atoms with E-state index in [2.05, 4.69) is 10.3 Å². The van der Waals surface area contributed by atoms with Crippen molar-refractivity contribution in [2.45, 2.75) is 0 Å². The molecule has 28 heavy (non-hydrogen) atoms. The van der Waals surface area contributed by atoms with Crippen molar-refractivity contribution in [1.29, 1.82) is 0 Å². The standard InChI is InChI=1S/C20H19N5O3/c26-14-23-10-12-24(13-11-23)20(28)18-22-17(16-8-4-5-9-25(16)18)19(27)21-15-6-2-1-3-7-15/h1-9,14H,10-13H2,(H,21,27). The highest BCUT2D eigenvalue weighted by Gasteiger charge is 2.27. The third kappa shape index (κ3) is 3.32. The van der Waals surface area contributed by atoms with Gasteiger partial charge < -0.3 is 15.1 Å². The number of nitrogens with one attached hydrogen (secondary N) is 1. The predicted octanol–water partition coefficient (Wildman–Crippen LogP) is 1.50. The second-order valence-electron chi connectivity index (χ2n) is 6.49. The number of hydrogen-bond acceptors (Lipinski definition) is 4. The largest absolute Gasteiger partial charge is 0.342 e. The number of carbonyl (C=O) groups is 3. The smallest absolute Gasteiger partial charge is 0.290 e. The number of amides is 3. The quantitative estimate of drug-likeness (QED) is 0.698. The van der Waals surface area contributed by atoms with E-state index in [1.54, 1.807) is 50.7 Å². The fraction of sp³-hybridized carbons (Fsp3) is 0.200. The number of piperazine rings is 1. The number of carbonyl (C=O) groups excluding carboxylic acids is 3. The lowest BCUT2D eigenvalue weighted by atomic mass is 10.3. The molecule has 8 nitrogen and oxygen atoms in total. The molecule has 1 fully saturated rings. The summed E-state index contributed by atoms with van der Waals surface area (Å²) in [5, 5.41) is 2.81. The van der Waals surface area contributed by atoms with Gasteiger partial charge >= 0.3 is 0 Å². The molecule has 4 rings (SSSR count). The number of nitrogens with zero attached hydrogens (tertiary/aromatic N) is 4. The Labute approximate surface area is 161 Å². The van der Waals surface area contributed by atoms with E-state index in [1.165, 1.54) is 0 Å². The summed E-state index contributed by atoms with van der Waals surface area (Å²) >= 11 is 0. The van der Waals surface area contributed by atoms with Crippen LogP contribution in [0.1, 0.15) is 21.1 Å². The summed E-state index contributed by atoms with van der Waals surface area (Å²) in [5.41, 5.74) is 1.41. The van der Waals surface area contributed by atoms with Gasteiger partial charge in [-0.25, -0.2) is 4.98 Å². The van der Waals surface area contributed by atoms with E-state index < -0.39 is 0 Å². The number of pyridine rings is 1. The first kappa shape index (κ1) is 17.7. The van der Waals surface area contributed by atoms with E-state index in [0.29, 0.717) is 37.4 Å². The van der Waals surface area contributed by atoms with Crippen LogP contribution in [0.3, 0.4) is 0 Å². The second-order valence-corrected chi connectivity index (χ2v) is 6.49. The maximum atomic E-state index is 13.0. The zero-order chi connectivity index (χ0) is 19.5. The lowest BCUT2D eigenvalue weighted by Crippen LogP contribution is -2.48. The van der Waals surface area contributed by atoms with Crippen LogP contribution < -0.4 is 5.32 Å². The van der Waals surface area contributed by atoms with Gasteiger partial charge in [0.25, 0.3) is 11.8 Å². The van der Waals surface area contributed by atoms with Crippen molar-refractivity contribution in [1.82, 2.24) is 19.2 Å². The molecular formula is C20H19N5O3. The van der Waals surface area contributed by atoms with Gasteiger partial charge in [-0.2, -0.15) is 0 Å². The normalized spacial score (nSPS) is 14.1. The van der Waals surface area contributed by atoms with Gasteiger partial charge in [-0.1, -0.05) is 24.3 Å². The Bertz CT molecular complexity index is 1020. The SMILES string of the molecule is O=CN1CCN(C(=O)c2nc(C(=O)Nc3ccccc3)c3ccccn23)CC1. The molecule has 3 aromatic rings. The van der Waals surface area contributed by atoms with Crippen molar-refractivity contribution in [3.05, 3.63) is 66.2 Å². The fourth-order valence-corrected chi connectivity index (χ4v) is 3.24. The topological polar surface area (TPSA) is 87.0 Å². The molecule has 0 atom stereocenters. The second kappa shape index (κ2) is 7.51. The van der Waals surface area contributed by atoms with E-state index in [9.17, 15) is 14.4 Å². The zero-order valence-corrected chi connectivity index (χ0v) is 15.1. The van der Waals surface area contributed by atoms with E-state index in [4.69, 9.17) is 0 Å². The van der Waals surface area contributed by atoms with Crippen LogP contribution in [0.25, 0.3) is 5.52 Å². The number of rotatable bonds is 4. The zero-order valence-electron chi connectivity index (χ0n) is 15.1. The molecule has 3 amide bonds. The van der Waals surface area contributed by atoms with Gasteiger partial charge in [0.15, 0.2) is 5.69 Å². The molecule has 1 aliphatic heterocycles. The fourth-order valence-electron chi connectivity index (χ4n) is 3.24. The van der Waals surface area contributed by atoms with Crippen LogP contribution in [0.15, 0.2) is 54.7 Å². The van der Waals surface area contributed by atoms with Crippen LogP contribution >= 0.6 is 0 Å². The molecule has 8 heteroatoms. The van der Waals surface area contributed by atoms with Gasteiger partial charge in [-0.3, -0.25) is 18.8 Å². The monoisotopic (exact) mass is 377 g/mol. The molecule has 0 bridgehead atoms. The molecule has 142 valence electrons. The number of benzene rings is 1. The first-order valence-corrected chi connectivity index (χ1v) is 8.99. The molecule has 0 aliphatic carbocycles. The van der Waals surface area contributed by atoms with Gasteiger partial charge in [0.2, 0.25) is 12.2 Å². The summed E-state index contributed by atoms with van der Waals surface area (Å²) in [6, 6.07) is 14.4. The molecule has 2 aromatic heterocycles. The summed E-state index contributed by atoms with van der Waals surface area (Å²) in [6.45, 7) is 1.84. The molecule has 0 radical (unpaired) electrons. The van der Waals surface area contributed by atoms with Gasteiger partial charge in [0.1, 0.15) is 0 Å². The van der Waals surface area contributed by atoms with E-state index in [1.807, 2.05) is 18.2 Å². The van der Waals surface area contributed by atoms with Gasteiger partial charge in [0, 0.05) is 38.1 Å². The molecular weight excluding hydrogens is 358 g/mol. The van der Waals surface area contributed by atoms with Crippen molar-refractivity contribution in [2.24, 2.45) is 0 Å². The van der Waals surface area contributed by atoms with Gasteiger partial charge in [0.05, 0.1) is 5.52 Å². The van der Waals surface area contributed by atoms with E-state index in [0.717, 1.165) is 6.41 Å². The van der Waals surface area contributed by atoms with Crippen molar-refractivity contribution in [2.75, 3.05) is 31.5 Å². The highest BCUT2D eigenvalue weighted by molar-refractivity contribution is 6.08. The first-order chi connectivity index (χ1) is 13.7. The number of aromatic nitrogens is 2. The van der Waals surface area contributed by atoms with Crippen LogP contribution in [-0.2, 0) is 4.79 Å². The predicted molar refractivity (Wildman–Crippen MR) is 103 cm³/mol. The third-order valence-corrected chi connectivity index (χ3v) is 4.74. The molecule has 0 unspecified atom stereocenters. The van der Waals surface area contributed by atoms with Crippen molar-refractivity contribution in [3.63, 3.8) is 0 Å². The van der Waals surface area contributed by atoms with Gasteiger partial charge in [-0.05, 0) is 24.3 Å². The maximum absolute atomic E-state index is 13.0. The van der Waals surface area contributed by atoms with E-state index in [-0.39, 0.29) is 23.3 Å². The highest BCUT2D eigenvalue weighted by atomic mass is 16.2. The Morgan fingerprint density at radius 3 is 2.39 bits per heavy atom. The molecule has 1 aliphatic rings. The number of para-hydroxylation sites is 1. The Hall–Kier alpha value is -3.68. The summed E-state index contributed by atoms with van der Waals surface area (Å²) in [7, 11) is 0. The Morgan fingerprint density at radius 2 is 1.68 bits per heavy atom. The Morgan fingerprint density at radius 1 is 0.964 bits per heavy atom. The molecule has 1 aromatic carbocycles. The average Bonchev–Trinajstić information content (AvgIpc) is 3.14. The molecule has 0 spiro atoms. The van der Waals surface area contributed by atoms with Gasteiger partial charge in [-0.15, -0.1) is 0 Å². The minimum Gasteiger partial charge on any atom is -0.342 e. The van der Waals surface area contributed by atoms with Crippen molar-refractivity contribution in [3.8, 4) is 0 Å². The van der Waals surface area contributed by atoms with Crippen LogP contribution in [-0.4, -0.2) is 63.6 Å². The Balaban J connectivity index is 1.64. The van der Waals surface area contributed by atoms with E-state index >= 15 is 0 Å². The minimum absolute atomic E-state index is 0.188. The van der Waals surface area contributed by atoms with Crippen molar-refractivity contribution >= 4 is 29.4 Å². The first-order valence-electron chi connectivity index (χ1n) is 8.99. The van der Waals surface area contributed by atoms with Crippen LogP contribution in [0.2, 0.25) is 0 Å². The number of anilines is 1. The molecule has 1 N–H and O–H groups in total. The molecule has 1 saturated heterocycles. The average molecular weight is 377 g/mol. The maximum Gasteiger partial charge on any atom is 0.290 e. The lowest BCUT2D eigenvalue weighted by molar-refractivity contribution is -0.119. The molecule has 3 heterocycles. The van der Waals surface area contributed by atoms with Crippen LogP contribution in [0.5, 0.6) is 0 Å². The lowest BCUT2D eigenvalue weighted by Gasteiger charge is -2.32. The Kier molecular flexibility index (Phi) is 4.76. The van der Waals surface area contributed by atoms with Crippen LogP contribution in [0.4, 0.5) is 5.69 Å².